The van der Waals surface area contributed by atoms with Gasteiger partial charge in [0.05, 0.1) is 11.7 Å². The Morgan fingerprint density at radius 1 is 1.47 bits per heavy atom. The molecule has 0 bridgehead atoms. The SMILES string of the molecule is CCC1NCc2c(N)nc(C(C)C)nc21. The Bertz CT molecular complexity index is 373. The third-order valence-electron chi connectivity index (χ3n) is 2.87. The Labute approximate surface area is 90.3 Å². The summed E-state index contributed by atoms with van der Waals surface area (Å²) in [7, 11) is 0. The van der Waals surface area contributed by atoms with E-state index in [9.17, 15) is 0 Å². The minimum atomic E-state index is 0.329. The van der Waals surface area contributed by atoms with Gasteiger partial charge in [-0.15, -0.1) is 0 Å². The zero-order chi connectivity index (χ0) is 11.0. The van der Waals surface area contributed by atoms with Crippen molar-refractivity contribution in [3.05, 3.63) is 17.1 Å². The maximum absolute atomic E-state index is 5.94. The van der Waals surface area contributed by atoms with Gasteiger partial charge in [0.15, 0.2) is 0 Å². The Kier molecular flexibility index (Phi) is 2.61. The number of fused-ring (bicyclic) bond motifs is 1. The molecule has 0 aromatic carbocycles. The second-order valence-corrected chi connectivity index (χ2v) is 4.33. The maximum Gasteiger partial charge on any atom is 0.133 e. The number of anilines is 1. The maximum atomic E-state index is 5.94. The van der Waals surface area contributed by atoms with Gasteiger partial charge >= 0.3 is 0 Å². The summed E-state index contributed by atoms with van der Waals surface area (Å²) in [6.45, 7) is 7.13. The minimum Gasteiger partial charge on any atom is -0.383 e. The van der Waals surface area contributed by atoms with Gasteiger partial charge in [-0.25, -0.2) is 9.97 Å². The fourth-order valence-corrected chi connectivity index (χ4v) is 1.93. The summed E-state index contributed by atoms with van der Waals surface area (Å²) in [4.78, 5) is 8.95. The van der Waals surface area contributed by atoms with Crippen LogP contribution in [0.25, 0.3) is 0 Å². The average Bonchev–Trinajstić information content (AvgIpc) is 2.60. The van der Waals surface area contributed by atoms with Crippen molar-refractivity contribution in [3.63, 3.8) is 0 Å². The van der Waals surface area contributed by atoms with Crippen LogP contribution >= 0.6 is 0 Å². The van der Waals surface area contributed by atoms with E-state index < -0.39 is 0 Å². The highest BCUT2D eigenvalue weighted by Gasteiger charge is 2.25. The molecule has 2 heterocycles. The number of nitrogens with zero attached hydrogens (tertiary/aromatic N) is 2. The van der Waals surface area contributed by atoms with Crippen molar-refractivity contribution >= 4 is 5.82 Å². The highest BCUT2D eigenvalue weighted by molar-refractivity contribution is 5.46. The Balaban J connectivity index is 2.48. The number of nitrogens with one attached hydrogen (secondary N) is 1. The summed E-state index contributed by atoms with van der Waals surface area (Å²) >= 11 is 0. The third kappa shape index (κ3) is 1.69. The van der Waals surface area contributed by atoms with Crippen LogP contribution in [0.4, 0.5) is 5.82 Å². The molecule has 1 aliphatic rings. The first-order chi connectivity index (χ1) is 7.13. The Morgan fingerprint density at radius 2 is 2.20 bits per heavy atom. The van der Waals surface area contributed by atoms with E-state index in [0.29, 0.717) is 17.8 Å². The number of aromatic nitrogens is 2. The molecule has 3 N–H and O–H groups in total. The van der Waals surface area contributed by atoms with E-state index in [4.69, 9.17) is 5.73 Å². The first kappa shape index (κ1) is 10.4. The zero-order valence-corrected chi connectivity index (χ0v) is 9.54. The standard InChI is InChI=1S/C11H18N4/c1-4-8-9-7(5-13-8)10(12)15-11(14-9)6(2)3/h6,8,13H,4-5H2,1-3H3,(H2,12,14,15). The van der Waals surface area contributed by atoms with Gasteiger partial charge in [-0.05, 0) is 6.42 Å². The molecule has 1 aliphatic heterocycles. The van der Waals surface area contributed by atoms with E-state index in [1.807, 2.05) is 0 Å². The highest BCUT2D eigenvalue weighted by atomic mass is 15.0. The molecule has 1 aromatic rings. The first-order valence-electron chi connectivity index (χ1n) is 5.53. The fourth-order valence-electron chi connectivity index (χ4n) is 1.93. The highest BCUT2D eigenvalue weighted by Crippen LogP contribution is 2.29. The average molecular weight is 206 g/mol. The van der Waals surface area contributed by atoms with Crippen molar-refractivity contribution < 1.29 is 0 Å². The van der Waals surface area contributed by atoms with Gasteiger partial charge in [-0.1, -0.05) is 20.8 Å². The molecule has 1 aromatic heterocycles. The predicted molar refractivity (Wildman–Crippen MR) is 60.4 cm³/mol. The van der Waals surface area contributed by atoms with Gasteiger partial charge in [0.25, 0.3) is 0 Å². The molecule has 4 nitrogen and oxygen atoms in total. The van der Waals surface area contributed by atoms with Crippen molar-refractivity contribution in [2.45, 2.75) is 45.7 Å². The molecule has 0 aliphatic carbocycles. The second-order valence-electron chi connectivity index (χ2n) is 4.33. The largest absolute Gasteiger partial charge is 0.383 e. The lowest BCUT2D eigenvalue weighted by Gasteiger charge is -2.11. The summed E-state index contributed by atoms with van der Waals surface area (Å²) in [6, 6.07) is 0.350. The topological polar surface area (TPSA) is 63.8 Å². The second kappa shape index (κ2) is 3.77. The molecule has 0 saturated heterocycles. The van der Waals surface area contributed by atoms with E-state index in [1.54, 1.807) is 0 Å². The van der Waals surface area contributed by atoms with Crippen LogP contribution in [-0.4, -0.2) is 9.97 Å². The Morgan fingerprint density at radius 3 is 2.80 bits per heavy atom. The zero-order valence-electron chi connectivity index (χ0n) is 9.54. The van der Waals surface area contributed by atoms with Crippen LogP contribution in [0.5, 0.6) is 0 Å². The van der Waals surface area contributed by atoms with Crippen LogP contribution in [0, 0.1) is 0 Å². The molecule has 15 heavy (non-hydrogen) atoms. The predicted octanol–water partition coefficient (Wildman–Crippen LogP) is 1.74. The van der Waals surface area contributed by atoms with Crippen molar-refractivity contribution in [3.8, 4) is 0 Å². The fraction of sp³-hybridized carbons (Fsp3) is 0.636. The number of nitrogen functional groups attached to an aromatic ring is 1. The van der Waals surface area contributed by atoms with E-state index in [0.717, 1.165) is 30.0 Å². The van der Waals surface area contributed by atoms with Crippen LogP contribution < -0.4 is 11.1 Å². The minimum absolute atomic E-state index is 0.329. The van der Waals surface area contributed by atoms with Gasteiger partial charge in [0.2, 0.25) is 0 Å². The van der Waals surface area contributed by atoms with Gasteiger partial charge < -0.3 is 11.1 Å². The molecule has 0 fully saturated rings. The monoisotopic (exact) mass is 206 g/mol. The summed E-state index contributed by atoms with van der Waals surface area (Å²) in [6.07, 6.45) is 1.04. The summed E-state index contributed by atoms with van der Waals surface area (Å²) in [5.74, 6) is 1.83. The van der Waals surface area contributed by atoms with E-state index in [1.165, 1.54) is 0 Å². The van der Waals surface area contributed by atoms with Crippen LogP contribution in [0.1, 0.15) is 56.2 Å². The first-order valence-corrected chi connectivity index (χ1v) is 5.53. The third-order valence-corrected chi connectivity index (χ3v) is 2.87. The number of nitrogens with two attached hydrogens (primary N) is 1. The smallest absolute Gasteiger partial charge is 0.133 e. The summed E-state index contributed by atoms with van der Waals surface area (Å²) in [5, 5.41) is 3.40. The van der Waals surface area contributed by atoms with Crippen LogP contribution in [0.2, 0.25) is 0 Å². The molecule has 0 saturated carbocycles. The van der Waals surface area contributed by atoms with Gasteiger partial charge in [0, 0.05) is 18.0 Å². The van der Waals surface area contributed by atoms with Crippen molar-refractivity contribution in [1.82, 2.24) is 15.3 Å². The molecular weight excluding hydrogens is 188 g/mol. The van der Waals surface area contributed by atoms with E-state index >= 15 is 0 Å². The molecule has 0 spiro atoms. The summed E-state index contributed by atoms with van der Waals surface area (Å²) in [5.41, 5.74) is 8.13. The Hall–Kier alpha value is -1.16. The van der Waals surface area contributed by atoms with Crippen molar-refractivity contribution in [2.75, 3.05) is 5.73 Å². The number of hydrogen-bond donors (Lipinski definition) is 2. The molecule has 0 radical (unpaired) electrons. The van der Waals surface area contributed by atoms with Gasteiger partial charge in [-0.3, -0.25) is 0 Å². The number of hydrogen-bond acceptors (Lipinski definition) is 4. The molecule has 2 rings (SSSR count). The molecular formula is C11H18N4. The lowest BCUT2D eigenvalue weighted by molar-refractivity contribution is 0.555. The van der Waals surface area contributed by atoms with Crippen LogP contribution in [-0.2, 0) is 6.54 Å². The molecule has 0 amide bonds. The molecule has 82 valence electrons. The summed E-state index contributed by atoms with van der Waals surface area (Å²) < 4.78 is 0. The lowest BCUT2D eigenvalue weighted by Crippen LogP contribution is -2.12. The van der Waals surface area contributed by atoms with Crippen LogP contribution in [0.3, 0.4) is 0 Å². The van der Waals surface area contributed by atoms with E-state index in [2.05, 4.69) is 36.1 Å². The normalized spacial score (nSPS) is 19.6. The van der Waals surface area contributed by atoms with Gasteiger partial charge in [0.1, 0.15) is 11.6 Å². The van der Waals surface area contributed by atoms with Crippen molar-refractivity contribution in [2.24, 2.45) is 0 Å². The molecule has 4 heteroatoms. The van der Waals surface area contributed by atoms with Crippen LogP contribution in [0.15, 0.2) is 0 Å². The number of rotatable bonds is 2. The molecule has 1 unspecified atom stereocenters. The van der Waals surface area contributed by atoms with Crippen molar-refractivity contribution in [1.29, 1.82) is 0 Å². The lowest BCUT2D eigenvalue weighted by atomic mass is 10.1. The van der Waals surface area contributed by atoms with E-state index in [-0.39, 0.29) is 0 Å². The van der Waals surface area contributed by atoms with Gasteiger partial charge in [-0.2, -0.15) is 0 Å². The molecule has 1 atom stereocenters. The quantitative estimate of drug-likeness (QED) is 0.773.